The van der Waals surface area contributed by atoms with E-state index in [1.54, 1.807) is 18.5 Å². The van der Waals surface area contributed by atoms with Gasteiger partial charge in [-0.25, -0.2) is 14.4 Å². The molecule has 1 saturated heterocycles. The molecule has 0 saturated carbocycles. The molecule has 2 aromatic rings. The Labute approximate surface area is 193 Å². The molecule has 2 aliphatic heterocycles. The summed E-state index contributed by atoms with van der Waals surface area (Å²) < 4.78 is 15.1. The van der Waals surface area contributed by atoms with E-state index in [9.17, 15) is 0 Å². The van der Waals surface area contributed by atoms with Gasteiger partial charge in [-0.2, -0.15) is 0 Å². The van der Waals surface area contributed by atoms with Gasteiger partial charge in [-0.1, -0.05) is 12.7 Å². The summed E-state index contributed by atoms with van der Waals surface area (Å²) in [6, 6.07) is 5.18. The van der Waals surface area contributed by atoms with Crippen molar-refractivity contribution >= 4 is 34.2 Å². The zero-order chi connectivity index (χ0) is 23.5. The number of likely N-dealkylation sites (N-methyl/N-ethyl adjacent to an activating group) is 1. The molecule has 0 atom stereocenters. The molecule has 3 heterocycles. The Morgan fingerprint density at radius 1 is 1.30 bits per heavy atom. The molecule has 4 rings (SSSR count). The van der Waals surface area contributed by atoms with Crippen molar-refractivity contribution in [2.24, 2.45) is 15.7 Å². The quantitative estimate of drug-likeness (QED) is 0.525. The molecule has 0 radical (unpaired) electrons. The largest absolute Gasteiger partial charge is 0.384 e. The third-order valence-electron chi connectivity index (χ3n) is 6.01. The summed E-state index contributed by atoms with van der Waals surface area (Å²) in [6.07, 6.45) is 9.23. The van der Waals surface area contributed by atoms with Gasteiger partial charge >= 0.3 is 0 Å². The van der Waals surface area contributed by atoms with E-state index in [4.69, 9.17) is 5.73 Å². The van der Waals surface area contributed by atoms with E-state index in [1.807, 2.05) is 37.9 Å². The fourth-order valence-corrected chi connectivity index (χ4v) is 4.12. The van der Waals surface area contributed by atoms with Crippen molar-refractivity contribution in [3.63, 3.8) is 0 Å². The number of nitrogens with one attached hydrogen (secondary N) is 1. The van der Waals surface area contributed by atoms with Crippen LogP contribution in [0.3, 0.4) is 0 Å². The SMILES string of the molecule is C=C1N/C(=C\C(N)=Nc2cc3cc(C4=C(C)/C(=C/C)CCCN=C4)c(F)cc3cn2)CN1C. The highest BCUT2D eigenvalue weighted by Gasteiger charge is 2.16. The number of hydrogen-bond acceptors (Lipinski definition) is 5. The Morgan fingerprint density at radius 2 is 2.12 bits per heavy atom. The van der Waals surface area contributed by atoms with Gasteiger partial charge in [0.2, 0.25) is 0 Å². The zero-order valence-electron chi connectivity index (χ0n) is 19.3. The number of pyridine rings is 1. The van der Waals surface area contributed by atoms with E-state index in [0.717, 1.165) is 47.4 Å². The van der Waals surface area contributed by atoms with Gasteiger partial charge < -0.3 is 16.0 Å². The minimum Gasteiger partial charge on any atom is -0.384 e. The maximum Gasteiger partial charge on any atom is 0.154 e. The highest BCUT2D eigenvalue weighted by atomic mass is 19.1. The van der Waals surface area contributed by atoms with E-state index in [0.29, 0.717) is 29.1 Å². The van der Waals surface area contributed by atoms with Crippen LogP contribution in [0.25, 0.3) is 16.3 Å². The Hall–Kier alpha value is -3.74. The van der Waals surface area contributed by atoms with Gasteiger partial charge in [0.15, 0.2) is 5.82 Å². The second kappa shape index (κ2) is 9.40. The summed E-state index contributed by atoms with van der Waals surface area (Å²) in [5.74, 6) is 1.32. The van der Waals surface area contributed by atoms with E-state index in [1.165, 1.54) is 11.6 Å². The molecule has 0 amide bonds. The number of nitrogens with two attached hydrogens (primary N) is 1. The molecular formula is C26H29FN6. The lowest BCUT2D eigenvalue weighted by atomic mass is 9.91. The number of allylic oxidation sites excluding steroid dienone is 4. The van der Waals surface area contributed by atoms with Crippen LogP contribution in [-0.2, 0) is 0 Å². The number of aromatic nitrogens is 1. The molecule has 6 nitrogen and oxygen atoms in total. The lowest BCUT2D eigenvalue weighted by Gasteiger charge is -2.16. The molecular weight excluding hydrogens is 415 g/mol. The first kappa shape index (κ1) is 22.5. The molecule has 2 aliphatic rings. The molecule has 170 valence electrons. The monoisotopic (exact) mass is 444 g/mol. The van der Waals surface area contributed by atoms with Crippen LogP contribution >= 0.6 is 0 Å². The van der Waals surface area contributed by atoms with Crippen LogP contribution in [0.5, 0.6) is 0 Å². The molecule has 1 fully saturated rings. The Bertz CT molecular complexity index is 1270. The summed E-state index contributed by atoms with van der Waals surface area (Å²) in [5.41, 5.74) is 10.7. The van der Waals surface area contributed by atoms with Crippen molar-refractivity contribution in [2.45, 2.75) is 26.7 Å². The van der Waals surface area contributed by atoms with Gasteiger partial charge in [0.05, 0.1) is 12.4 Å². The summed E-state index contributed by atoms with van der Waals surface area (Å²) in [6.45, 7) is 9.40. The number of aliphatic imine (C=N–C) groups is 2. The maximum atomic E-state index is 15.1. The van der Waals surface area contributed by atoms with E-state index in [-0.39, 0.29) is 5.82 Å². The number of hydrogen-bond donors (Lipinski definition) is 2. The maximum absolute atomic E-state index is 15.1. The highest BCUT2D eigenvalue weighted by Crippen LogP contribution is 2.31. The first-order valence-corrected chi connectivity index (χ1v) is 11.0. The standard InChI is InChI=1S/C26H29FN6/c1-5-18-7-6-8-29-14-23(16(18)2)22-9-19-11-26(30-13-20(19)10-24(22)27)32-25(28)12-21-15-33(4)17(3)31-21/h5,9-14,31H,3,6-8,15H2,1-2,4H3,(H2,28,30,32)/b18-5+,21-12-,23-16?,29-14?. The van der Waals surface area contributed by atoms with Crippen LogP contribution in [0.15, 0.2) is 75.8 Å². The molecule has 1 aromatic carbocycles. The van der Waals surface area contributed by atoms with Gasteiger partial charge in [0, 0.05) is 54.3 Å². The minimum absolute atomic E-state index is 0.293. The zero-order valence-corrected chi connectivity index (χ0v) is 19.3. The topological polar surface area (TPSA) is 78.9 Å². The van der Waals surface area contributed by atoms with Crippen LogP contribution in [0, 0.1) is 5.82 Å². The second-order valence-corrected chi connectivity index (χ2v) is 8.35. The highest BCUT2D eigenvalue weighted by molar-refractivity contribution is 6.13. The van der Waals surface area contributed by atoms with Crippen molar-refractivity contribution in [1.29, 1.82) is 0 Å². The summed E-state index contributed by atoms with van der Waals surface area (Å²) in [4.78, 5) is 15.3. The Kier molecular flexibility index (Phi) is 6.40. The molecule has 3 N–H and O–H groups in total. The van der Waals surface area contributed by atoms with Crippen molar-refractivity contribution in [3.05, 3.63) is 77.2 Å². The normalized spacial score (nSPS) is 20.1. The molecule has 0 unspecified atom stereocenters. The molecule has 1 aromatic heterocycles. The summed E-state index contributed by atoms with van der Waals surface area (Å²) >= 11 is 0. The minimum atomic E-state index is -0.293. The van der Waals surface area contributed by atoms with Crippen LogP contribution in [0.2, 0.25) is 0 Å². The third kappa shape index (κ3) is 4.87. The van der Waals surface area contributed by atoms with E-state index >= 15 is 4.39 Å². The van der Waals surface area contributed by atoms with Gasteiger partial charge in [0.25, 0.3) is 0 Å². The average molecular weight is 445 g/mol. The molecule has 0 aliphatic carbocycles. The predicted molar refractivity (Wildman–Crippen MR) is 135 cm³/mol. The number of amidine groups is 1. The Morgan fingerprint density at radius 3 is 2.85 bits per heavy atom. The molecule has 0 spiro atoms. The molecule has 33 heavy (non-hydrogen) atoms. The fraction of sp³-hybridized carbons (Fsp3) is 0.269. The van der Waals surface area contributed by atoms with Crippen molar-refractivity contribution in [3.8, 4) is 0 Å². The summed E-state index contributed by atoms with van der Waals surface area (Å²) in [5, 5.41) is 4.71. The van der Waals surface area contributed by atoms with Crippen LogP contribution < -0.4 is 11.1 Å². The number of nitrogens with zero attached hydrogens (tertiary/aromatic N) is 4. The first-order chi connectivity index (χ1) is 15.9. The van der Waals surface area contributed by atoms with Crippen LogP contribution in [0.4, 0.5) is 10.2 Å². The van der Waals surface area contributed by atoms with E-state index in [2.05, 4.69) is 32.9 Å². The Balaban J connectivity index is 1.73. The van der Waals surface area contributed by atoms with Crippen molar-refractivity contribution in [1.82, 2.24) is 15.2 Å². The van der Waals surface area contributed by atoms with E-state index < -0.39 is 0 Å². The second-order valence-electron chi connectivity index (χ2n) is 8.35. The lowest BCUT2D eigenvalue weighted by molar-refractivity contribution is 0.493. The molecule has 0 bridgehead atoms. The number of rotatable bonds is 3. The lowest BCUT2D eigenvalue weighted by Crippen LogP contribution is -2.12. The predicted octanol–water partition coefficient (Wildman–Crippen LogP) is 4.84. The van der Waals surface area contributed by atoms with Gasteiger partial charge in [0.1, 0.15) is 11.7 Å². The number of benzene rings is 1. The smallest absolute Gasteiger partial charge is 0.154 e. The number of fused-ring (bicyclic) bond motifs is 1. The van der Waals surface area contributed by atoms with Crippen LogP contribution in [0.1, 0.15) is 32.3 Å². The third-order valence-corrected chi connectivity index (χ3v) is 6.01. The van der Waals surface area contributed by atoms with Gasteiger partial charge in [-0.3, -0.25) is 4.99 Å². The van der Waals surface area contributed by atoms with Gasteiger partial charge in [-0.05, 0) is 61.4 Å². The van der Waals surface area contributed by atoms with Crippen LogP contribution in [-0.4, -0.2) is 42.1 Å². The average Bonchev–Trinajstić information content (AvgIpc) is 3.08. The van der Waals surface area contributed by atoms with Gasteiger partial charge in [-0.15, -0.1) is 0 Å². The van der Waals surface area contributed by atoms with Crippen molar-refractivity contribution < 1.29 is 4.39 Å². The summed E-state index contributed by atoms with van der Waals surface area (Å²) in [7, 11) is 1.95. The fourth-order valence-electron chi connectivity index (χ4n) is 4.12. The number of halogens is 1. The molecule has 7 heteroatoms. The first-order valence-electron chi connectivity index (χ1n) is 11.0. The van der Waals surface area contributed by atoms with Crippen molar-refractivity contribution in [2.75, 3.05) is 20.1 Å².